The number of rotatable bonds is 8. The second kappa shape index (κ2) is 11.9. The van der Waals surface area contributed by atoms with E-state index in [-0.39, 0.29) is 32.0 Å². The van der Waals surface area contributed by atoms with E-state index in [1.807, 2.05) is 27.7 Å². The van der Waals surface area contributed by atoms with Crippen LogP contribution >= 0.6 is 0 Å². The third-order valence-electron chi connectivity index (χ3n) is 5.26. The predicted molar refractivity (Wildman–Crippen MR) is 111 cm³/mol. The molecule has 0 spiro atoms. The van der Waals surface area contributed by atoms with E-state index in [4.69, 9.17) is 10.2 Å². The van der Waals surface area contributed by atoms with Crippen LogP contribution in [0.4, 0.5) is 0 Å². The zero-order chi connectivity index (χ0) is 22.9. The van der Waals surface area contributed by atoms with Gasteiger partial charge in [0.15, 0.2) is 0 Å². The second-order valence-electron chi connectivity index (χ2n) is 10.1. The molecule has 0 amide bonds. The Balaban J connectivity index is 0.000000407. The molecule has 0 saturated heterocycles. The standard InChI is InChI=1S/2C7H12O3.2C4H9.Sn/c2*1-6(2)3-7(10,4-6)5(8)9;2*1-3-4-2;/h2*10H,3-4H2,1-2H3,(H,8,9);2*1,3-4H2,2H3;/q;;;;+2/p-2. The molecule has 0 unspecified atom stereocenters. The van der Waals surface area contributed by atoms with Crippen LogP contribution in [0.5, 0.6) is 0 Å². The first-order chi connectivity index (χ1) is 13.1. The molecule has 0 bridgehead atoms. The Morgan fingerprint density at radius 2 is 1.03 bits per heavy atom. The molecular formula is C22H40O6Sn. The van der Waals surface area contributed by atoms with Crippen LogP contribution in [0.1, 0.15) is 92.9 Å². The van der Waals surface area contributed by atoms with Gasteiger partial charge in [-0.2, -0.15) is 0 Å². The summed E-state index contributed by atoms with van der Waals surface area (Å²) in [5, 5.41) is 38.8. The molecule has 6 nitrogen and oxygen atoms in total. The number of unbranched alkanes of at least 4 members (excludes halogenated alkanes) is 2. The predicted octanol–water partition coefficient (Wildman–Crippen LogP) is 1.70. The van der Waals surface area contributed by atoms with Gasteiger partial charge in [0.05, 0.1) is 11.9 Å². The Bertz CT molecular complexity index is 467. The van der Waals surface area contributed by atoms with Crippen molar-refractivity contribution >= 4 is 33.1 Å². The van der Waals surface area contributed by atoms with Crippen molar-refractivity contribution < 1.29 is 30.0 Å². The van der Waals surface area contributed by atoms with Gasteiger partial charge in [-0.05, 0) is 36.5 Å². The molecule has 0 aromatic rings. The summed E-state index contributed by atoms with van der Waals surface area (Å²) >= 11 is 0.149. The van der Waals surface area contributed by atoms with Gasteiger partial charge in [-0.15, -0.1) is 0 Å². The Kier molecular flexibility index (Phi) is 11.8. The average Bonchev–Trinajstić information content (AvgIpc) is 2.52. The fourth-order valence-corrected chi connectivity index (χ4v) is 8.24. The minimum absolute atomic E-state index is 0.0329. The first-order valence-electron chi connectivity index (χ1n) is 10.7. The Morgan fingerprint density at radius 3 is 1.17 bits per heavy atom. The number of aliphatic carboxylic acids is 2. The van der Waals surface area contributed by atoms with Gasteiger partial charge in [0.2, 0.25) is 0 Å². The molecule has 0 aromatic heterocycles. The van der Waals surface area contributed by atoms with Gasteiger partial charge in [0.25, 0.3) is 0 Å². The van der Waals surface area contributed by atoms with Crippen LogP contribution < -0.4 is 10.2 Å². The second-order valence-corrected chi connectivity index (χ2v) is 14.4. The van der Waals surface area contributed by atoms with Gasteiger partial charge in [-0.1, -0.05) is 27.7 Å². The maximum absolute atomic E-state index is 10.2. The zero-order valence-corrected chi connectivity index (χ0v) is 22.0. The van der Waals surface area contributed by atoms with Crippen molar-refractivity contribution in [2.75, 3.05) is 0 Å². The number of carboxylic acid groups (broad SMARTS) is 2. The van der Waals surface area contributed by atoms with Gasteiger partial charge in [0, 0.05) is 0 Å². The number of hydrogen-bond acceptors (Lipinski definition) is 6. The van der Waals surface area contributed by atoms with Crippen molar-refractivity contribution in [1.82, 2.24) is 0 Å². The number of aliphatic hydroxyl groups is 2. The van der Waals surface area contributed by atoms with Gasteiger partial charge in [0.1, 0.15) is 11.2 Å². The van der Waals surface area contributed by atoms with E-state index in [9.17, 15) is 19.8 Å². The zero-order valence-electron chi connectivity index (χ0n) is 19.1. The molecule has 2 rings (SSSR count). The molecule has 168 valence electrons. The van der Waals surface area contributed by atoms with Crippen molar-refractivity contribution in [2.24, 2.45) is 10.8 Å². The quantitative estimate of drug-likeness (QED) is 0.372. The van der Waals surface area contributed by atoms with Crippen LogP contribution in [0.15, 0.2) is 0 Å². The van der Waals surface area contributed by atoms with Crippen molar-refractivity contribution in [3.63, 3.8) is 0 Å². The van der Waals surface area contributed by atoms with E-state index < -0.39 is 23.1 Å². The summed E-state index contributed by atoms with van der Waals surface area (Å²) in [7, 11) is 0. The monoisotopic (exact) mass is 520 g/mol. The number of hydrogen-bond donors (Lipinski definition) is 2. The summed E-state index contributed by atoms with van der Waals surface area (Å²) in [6.07, 6.45) is 7.07. The molecule has 0 radical (unpaired) electrons. The molecule has 2 aliphatic rings. The SMILES string of the molecule is CC1(C)CC(O)(C(=O)[O-])C1.CC1(C)CC(O)(C(=O)[O-])C1.CCC[CH2][Sn+2][CH2]CCC. The van der Waals surface area contributed by atoms with Crippen LogP contribution in [0.25, 0.3) is 0 Å². The molecule has 2 N–H and O–H groups in total. The van der Waals surface area contributed by atoms with Crippen molar-refractivity contribution in [1.29, 1.82) is 0 Å². The molecule has 0 heterocycles. The summed E-state index contributed by atoms with van der Waals surface area (Å²) in [4.78, 5) is 20.5. The summed E-state index contributed by atoms with van der Waals surface area (Å²) in [6.45, 7) is 12.3. The van der Waals surface area contributed by atoms with Crippen LogP contribution in [0.2, 0.25) is 8.87 Å². The molecule has 0 atom stereocenters. The van der Waals surface area contributed by atoms with Crippen molar-refractivity contribution in [3.8, 4) is 0 Å². The molecule has 2 aliphatic carbocycles. The topological polar surface area (TPSA) is 121 Å². The maximum atomic E-state index is 10.2. The van der Waals surface area contributed by atoms with Crippen molar-refractivity contribution in [2.45, 2.75) is 113 Å². The van der Waals surface area contributed by atoms with E-state index in [2.05, 4.69) is 13.8 Å². The van der Waals surface area contributed by atoms with Gasteiger partial charge in [-0.3, -0.25) is 0 Å². The van der Waals surface area contributed by atoms with Crippen LogP contribution in [-0.2, 0) is 9.59 Å². The van der Waals surface area contributed by atoms with E-state index in [0.29, 0.717) is 25.7 Å². The van der Waals surface area contributed by atoms with E-state index in [0.717, 1.165) is 0 Å². The summed E-state index contributed by atoms with van der Waals surface area (Å²) in [6, 6.07) is 0. The van der Waals surface area contributed by atoms with Crippen LogP contribution in [0.3, 0.4) is 0 Å². The third-order valence-corrected chi connectivity index (χ3v) is 9.29. The Labute approximate surface area is 186 Å². The first kappa shape index (κ1) is 28.7. The molecular weight excluding hydrogens is 479 g/mol. The molecule has 0 aromatic carbocycles. The van der Waals surface area contributed by atoms with Crippen LogP contribution in [-0.4, -0.2) is 54.5 Å². The Hall–Kier alpha value is -0.341. The summed E-state index contributed by atoms with van der Waals surface area (Å²) < 4.78 is 3.25. The number of carbonyl (C=O) groups excluding carboxylic acids is 2. The molecule has 2 fully saturated rings. The minimum atomic E-state index is -1.54. The van der Waals surface area contributed by atoms with E-state index >= 15 is 0 Å². The molecule has 2 saturated carbocycles. The Morgan fingerprint density at radius 1 is 0.759 bits per heavy atom. The van der Waals surface area contributed by atoms with E-state index in [1.54, 1.807) is 8.87 Å². The molecule has 7 heteroatoms. The molecule has 29 heavy (non-hydrogen) atoms. The van der Waals surface area contributed by atoms with Gasteiger partial charge >= 0.3 is 69.5 Å². The summed E-state index contributed by atoms with van der Waals surface area (Å²) in [5.74, 6) is -2.68. The van der Waals surface area contributed by atoms with E-state index in [1.165, 1.54) is 25.7 Å². The fourth-order valence-electron chi connectivity index (χ4n) is 4.08. The number of carboxylic acids is 2. The number of carbonyl (C=O) groups is 2. The fraction of sp³-hybridized carbons (Fsp3) is 0.909. The summed E-state index contributed by atoms with van der Waals surface area (Å²) in [5.41, 5.74) is -3.14. The first-order valence-corrected chi connectivity index (χ1v) is 14.7. The van der Waals surface area contributed by atoms with Gasteiger partial charge < -0.3 is 30.0 Å². The normalized spacial score (nSPS) is 21.5. The third kappa shape index (κ3) is 10.5. The van der Waals surface area contributed by atoms with Gasteiger partial charge in [-0.25, -0.2) is 0 Å². The van der Waals surface area contributed by atoms with Crippen molar-refractivity contribution in [3.05, 3.63) is 0 Å². The molecule has 0 aliphatic heterocycles. The van der Waals surface area contributed by atoms with Crippen LogP contribution in [0, 0.1) is 10.8 Å². The average molecular weight is 519 g/mol.